The maximum atomic E-state index is 12.1. The summed E-state index contributed by atoms with van der Waals surface area (Å²) in [7, 11) is -3.73. The van der Waals surface area contributed by atoms with Gasteiger partial charge in [0.1, 0.15) is 0 Å². The number of anilines is 1. The molecule has 106 valence electrons. The average Bonchev–Trinajstić information content (AvgIpc) is 2.32. The van der Waals surface area contributed by atoms with E-state index >= 15 is 0 Å². The summed E-state index contributed by atoms with van der Waals surface area (Å²) in [6, 6.07) is 3.58. The Morgan fingerprint density at radius 3 is 2.58 bits per heavy atom. The maximum Gasteiger partial charge on any atom is 0.241 e. The van der Waals surface area contributed by atoms with Crippen LogP contribution >= 0.6 is 0 Å². The van der Waals surface area contributed by atoms with Crippen molar-refractivity contribution in [3.8, 4) is 0 Å². The molecule has 1 unspecified atom stereocenters. The molecule has 0 fully saturated rings. The number of nitrogen functional groups attached to an aromatic ring is 1. The smallest absolute Gasteiger partial charge is 0.241 e. The van der Waals surface area contributed by atoms with Crippen molar-refractivity contribution in [2.45, 2.75) is 31.7 Å². The van der Waals surface area contributed by atoms with Gasteiger partial charge in [0.15, 0.2) is 0 Å². The lowest BCUT2D eigenvalue weighted by molar-refractivity contribution is -0.122. The summed E-state index contributed by atoms with van der Waals surface area (Å²) in [5, 5.41) is 2.55. The number of rotatable bonds is 5. The molecule has 1 amide bonds. The largest absolute Gasteiger partial charge is 0.399 e. The molecule has 0 bridgehead atoms. The molecule has 0 saturated heterocycles. The lowest BCUT2D eigenvalue weighted by atomic mass is 10.2. The normalized spacial score (nSPS) is 13.0. The van der Waals surface area contributed by atoms with Gasteiger partial charge in [0.25, 0.3) is 0 Å². The van der Waals surface area contributed by atoms with Crippen LogP contribution in [0.25, 0.3) is 0 Å². The average molecular weight is 285 g/mol. The first kappa shape index (κ1) is 15.5. The number of likely N-dealkylation sites (N-methyl/N-ethyl adjacent to an activating group) is 1. The van der Waals surface area contributed by atoms with Crippen LogP contribution < -0.4 is 15.8 Å². The first-order valence-corrected chi connectivity index (χ1v) is 7.42. The minimum atomic E-state index is -3.73. The zero-order valence-electron chi connectivity index (χ0n) is 11.2. The van der Waals surface area contributed by atoms with E-state index in [1.165, 1.54) is 25.1 Å². The van der Waals surface area contributed by atoms with E-state index in [1.54, 1.807) is 13.8 Å². The molecule has 0 aliphatic rings. The zero-order chi connectivity index (χ0) is 14.6. The van der Waals surface area contributed by atoms with Crippen molar-refractivity contribution in [2.24, 2.45) is 0 Å². The fourth-order valence-electron chi connectivity index (χ4n) is 1.50. The van der Waals surface area contributed by atoms with Crippen molar-refractivity contribution in [3.63, 3.8) is 0 Å². The SMILES string of the molecule is CCNC(=O)C(C)NS(=O)(=O)c1ccc(N)c(C)c1. The quantitative estimate of drug-likeness (QED) is 0.681. The number of nitrogens with two attached hydrogens (primary N) is 1. The predicted molar refractivity (Wildman–Crippen MR) is 74.1 cm³/mol. The summed E-state index contributed by atoms with van der Waals surface area (Å²) in [5.41, 5.74) is 6.84. The van der Waals surface area contributed by atoms with Crippen molar-refractivity contribution in [3.05, 3.63) is 23.8 Å². The van der Waals surface area contributed by atoms with Gasteiger partial charge in [-0.25, -0.2) is 8.42 Å². The van der Waals surface area contributed by atoms with Gasteiger partial charge in [-0.3, -0.25) is 4.79 Å². The summed E-state index contributed by atoms with van der Waals surface area (Å²) in [4.78, 5) is 11.6. The van der Waals surface area contributed by atoms with Gasteiger partial charge in [-0.1, -0.05) is 0 Å². The molecule has 19 heavy (non-hydrogen) atoms. The van der Waals surface area contributed by atoms with Crippen molar-refractivity contribution < 1.29 is 13.2 Å². The zero-order valence-corrected chi connectivity index (χ0v) is 12.0. The van der Waals surface area contributed by atoms with Crippen molar-refractivity contribution >= 4 is 21.6 Å². The molecular weight excluding hydrogens is 266 g/mol. The number of nitrogens with one attached hydrogen (secondary N) is 2. The summed E-state index contributed by atoms with van der Waals surface area (Å²) in [6.07, 6.45) is 0. The van der Waals surface area contributed by atoms with Gasteiger partial charge < -0.3 is 11.1 Å². The first-order chi connectivity index (χ1) is 8.77. The molecular formula is C12H19N3O3S. The number of amides is 1. The molecule has 7 heteroatoms. The Morgan fingerprint density at radius 1 is 1.42 bits per heavy atom. The molecule has 0 aromatic heterocycles. The van der Waals surface area contributed by atoms with Crippen LogP contribution in [0.5, 0.6) is 0 Å². The molecule has 0 aliphatic heterocycles. The van der Waals surface area contributed by atoms with Crippen LogP contribution in [-0.4, -0.2) is 26.9 Å². The van der Waals surface area contributed by atoms with Crippen LogP contribution in [0.1, 0.15) is 19.4 Å². The highest BCUT2D eigenvalue weighted by molar-refractivity contribution is 7.89. The number of benzene rings is 1. The number of sulfonamides is 1. The second-order valence-electron chi connectivity index (χ2n) is 4.26. The maximum absolute atomic E-state index is 12.1. The Morgan fingerprint density at radius 2 is 2.05 bits per heavy atom. The molecule has 0 radical (unpaired) electrons. The Labute approximate surface area is 113 Å². The van der Waals surface area contributed by atoms with Gasteiger partial charge >= 0.3 is 0 Å². The molecule has 0 spiro atoms. The molecule has 0 aliphatic carbocycles. The van der Waals surface area contributed by atoms with Crippen molar-refractivity contribution in [1.29, 1.82) is 0 Å². The van der Waals surface area contributed by atoms with Gasteiger partial charge in [-0.15, -0.1) is 0 Å². The van der Waals surface area contributed by atoms with Crippen LogP contribution in [0.2, 0.25) is 0 Å². The standard InChI is InChI=1S/C12H19N3O3S/c1-4-14-12(16)9(3)15-19(17,18)10-5-6-11(13)8(2)7-10/h5-7,9,15H,4,13H2,1-3H3,(H,14,16). The van der Waals surface area contributed by atoms with Crippen LogP contribution in [0.4, 0.5) is 5.69 Å². The molecule has 1 aromatic rings. The Hall–Kier alpha value is -1.60. The Bertz CT molecular complexity index is 570. The van der Waals surface area contributed by atoms with Crippen molar-refractivity contribution in [1.82, 2.24) is 10.0 Å². The van der Waals surface area contributed by atoms with E-state index in [2.05, 4.69) is 10.0 Å². The van der Waals surface area contributed by atoms with E-state index in [0.29, 0.717) is 17.8 Å². The third-order valence-electron chi connectivity index (χ3n) is 2.63. The predicted octanol–water partition coefficient (Wildman–Crippen LogP) is 0.380. The molecule has 6 nitrogen and oxygen atoms in total. The molecule has 1 atom stereocenters. The van der Waals surface area contributed by atoms with Crippen LogP contribution in [0, 0.1) is 6.92 Å². The van der Waals surface area contributed by atoms with Gasteiger partial charge in [0, 0.05) is 12.2 Å². The van der Waals surface area contributed by atoms with Crippen LogP contribution in [0.3, 0.4) is 0 Å². The topological polar surface area (TPSA) is 101 Å². The third kappa shape index (κ3) is 3.93. The number of hydrogen-bond donors (Lipinski definition) is 3. The molecule has 1 rings (SSSR count). The first-order valence-electron chi connectivity index (χ1n) is 5.94. The fraction of sp³-hybridized carbons (Fsp3) is 0.417. The highest BCUT2D eigenvalue weighted by atomic mass is 32.2. The van der Waals surface area contributed by atoms with Gasteiger partial charge in [0.2, 0.25) is 15.9 Å². The van der Waals surface area contributed by atoms with Crippen LogP contribution in [0.15, 0.2) is 23.1 Å². The molecule has 1 aromatic carbocycles. The van der Waals surface area contributed by atoms with E-state index in [4.69, 9.17) is 5.73 Å². The van der Waals surface area contributed by atoms with E-state index in [1.807, 2.05) is 0 Å². The second kappa shape index (κ2) is 6.03. The summed E-state index contributed by atoms with van der Waals surface area (Å²) < 4.78 is 26.5. The fourth-order valence-corrected chi connectivity index (χ4v) is 2.78. The van der Waals surface area contributed by atoms with E-state index in [0.717, 1.165) is 0 Å². The highest BCUT2D eigenvalue weighted by Crippen LogP contribution is 2.16. The van der Waals surface area contributed by atoms with Gasteiger partial charge in [0.05, 0.1) is 10.9 Å². The highest BCUT2D eigenvalue weighted by Gasteiger charge is 2.21. The summed E-state index contributed by atoms with van der Waals surface area (Å²) >= 11 is 0. The van der Waals surface area contributed by atoms with E-state index in [9.17, 15) is 13.2 Å². The molecule has 4 N–H and O–H groups in total. The summed E-state index contributed by atoms with van der Waals surface area (Å²) in [6.45, 7) is 5.43. The number of carbonyl (C=O) groups excluding carboxylic acids is 1. The number of aryl methyl sites for hydroxylation is 1. The third-order valence-corrected chi connectivity index (χ3v) is 4.17. The number of hydrogen-bond acceptors (Lipinski definition) is 4. The van der Waals surface area contributed by atoms with E-state index in [-0.39, 0.29) is 10.8 Å². The minimum absolute atomic E-state index is 0.0929. The second-order valence-corrected chi connectivity index (χ2v) is 5.97. The van der Waals surface area contributed by atoms with Crippen molar-refractivity contribution in [2.75, 3.05) is 12.3 Å². The molecule has 0 saturated carbocycles. The van der Waals surface area contributed by atoms with Gasteiger partial charge in [-0.05, 0) is 44.5 Å². The van der Waals surface area contributed by atoms with E-state index < -0.39 is 16.1 Å². The summed E-state index contributed by atoms with van der Waals surface area (Å²) in [5.74, 6) is -0.363. The lowest BCUT2D eigenvalue weighted by Gasteiger charge is -2.14. The van der Waals surface area contributed by atoms with Gasteiger partial charge in [-0.2, -0.15) is 4.72 Å². The lowest BCUT2D eigenvalue weighted by Crippen LogP contribution is -2.44. The van der Waals surface area contributed by atoms with Crippen LogP contribution in [-0.2, 0) is 14.8 Å². The minimum Gasteiger partial charge on any atom is -0.399 e. The number of carbonyl (C=O) groups is 1. The Kier molecular flexibility index (Phi) is 4.90. The monoisotopic (exact) mass is 285 g/mol. The Balaban J connectivity index is 2.92. The molecule has 0 heterocycles.